The Kier molecular flexibility index (Phi) is 5.86. The molecule has 3 aromatic carbocycles. The van der Waals surface area contributed by atoms with Crippen molar-refractivity contribution in [2.24, 2.45) is 0 Å². The molecule has 1 aromatic heterocycles. The predicted octanol–water partition coefficient (Wildman–Crippen LogP) is 4.12. The van der Waals surface area contributed by atoms with Gasteiger partial charge in [-0.05, 0) is 35.7 Å². The first kappa shape index (κ1) is 22.5. The van der Waals surface area contributed by atoms with Crippen LogP contribution in [0.5, 0.6) is 0 Å². The van der Waals surface area contributed by atoms with Crippen molar-refractivity contribution < 1.29 is 18.4 Å². The number of nitrogens with zero attached hydrogens (tertiary/aromatic N) is 2. The van der Waals surface area contributed by atoms with E-state index >= 15 is 0 Å². The topological polar surface area (TPSA) is 71.4 Å². The van der Waals surface area contributed by atoms with Gasteiger partial charge in [0.2, 0.25) is 5.91 Å². The minimum absolute atomic E-state index is 0.189. The van der Waals surface area contributed by atoms with Crippen LogP contribution in [0.15, 0.2) is 77.6 Å². The molecule has 8 heteroatoms. The summed E-state index contributed by atoms with van der Waals surface area (Å²) in [7, 11) is 0. The maximum Gasteiger partial charge on any atom is 0.255 e. The summed E-state index contributed by atoms with van der Waals surface area (Å²) in [4.78, 5) is 40.8. The highest BCUT2D eigenvalue weighted by Crippen LogP contribution is 2.24. The van der Waals surface area contributed by atoms with E-state index < -0.39 is 29.6 Å². The number of anilines is 1. The Labute approximate surface area is 199 Å². The molecule has 0 saturated carbocycles. The molecule has 0 atom stereocenters. The molecule has 6 nitrogen and oxygen atoms in total. The summed E-state index contributed by atoms with van der Waals surface area (Å²) in [6.45, 7) is 0.596. The van der Waals surface area contributed by atoms with Gasteiger partial charge in [0.15, 0.2) is 0 Å². The highest BCUT2D eigenvalue weighted by Gasteiger charge is 2.24. The summed E-state index contributed by atoms with van der Waals surface area (Å²) in [6.07, 6.45) is 0.733. The molecule has 5 rings (SSSR count). The molecule has 2 amide bonds. The van der Waals surface area contributed by atoms with Gasteiger partial charge in [-0.3, -0.25) is 19.0 Å². The van der Waals surface area contributed by atoms with Gasteiger partial charge in [-0.25, -0.2) is 8.78 Å². The molecule has 0 fully saturated rings. The first-order valence-electron chi connectivity index (χ1n) is 11.1. The minimum atomic E-state index is -0.917. The van der Waals surface area contributed by atoms with Crippen LogP contribution in [-0.2, 0) is 24.3 Å². The number of hydrogen-bond acceptors (Lipinski definition) is 3. The number of rotatable bonds is 4. The van der Waals surface area contributed by atoms with Crippen LogP contribution < -0.4 is 10.9 Å². The second-order valence-corrected chi connectivity index (χ2v) is 8.42. The summed E-state index contributed by atoms with van der Waals surface area (Å²) >= 11 is 0. The Balaban J connectivity index is 1.45. The van der Waals surface area contributed by atoms with E-state index in [4.69, 9.17) is 0 Å². The monoisotopic (exact) mass is 473 g/mol. The number of aromatic nitrogens is 1. The molecule has 0 spiro atoms. The first-order valence-corrected chi connectivity index (χ1v) is 11.1. The van der Waals surface area contributed by atoms with E-state index in [9.17, 15) is 23.2 Å². The van der Waals surface area contributed by atoms with Crippen LogP contribution in [0.4, 0.5) is 14.5 Å². The van der Waals surface area contributed by atoms with Gasteiger partial charge in [0.25, 0.3) is 11.5 Å². The number of hydrogen-bond donors (Lipinski definition) is 1. The van der Waals surface area contributed by atoms with E-state index in [-0.39, 0.29) is 17.2 Å². The van der Waals surface area contributed by atoms with Crippen LogP contribution in [0.3, 0.4) is 0 Å². The van der Waals surface area contributed by atoms with Crippen molar-refractivity contribution in [1.82, 2.24) is 9.47 Å². The normalized spacial score (nSPS) is 12.9. The number of carbonyl (C=O) groups excluding carboxylic acids is 2. The SMILES string of the molecule is O=C(Cn1c(=O)cc(C(=O)N2CCc3ccccc3C2)c2ccccc21)Nc1ccc(F)cc1F. The molecule has 1 aliphatic rings. The van der Waals surface area contributed by atoms with Gasteiger partial charge in [0.05, 0.1) is 16.8 Å². The Hall–Kier alpha value is -4.33. The van der Waals surface area contributed by atoms with Gasteiger partial charge in [-0.1, -0.05) is 42.5 Å². The Morgan fingerprint density at radius 1 is 0.914 bits per heavy atom. The van der Waals surface area contributed by atoms with Gasteiger partial charge in [-0.2, -0.15) is 0 Å². The fourth-order valence-electron chi connectivity index (χ4n) is 4.44. The Morgan fingerprint density at radius 3 is 2.46 bits per heavy atom. The van der Waals surface area contributed by atoms with Crippen LogP contribution >= 0.6 is 0 Å². The molecule has 1 N–H and O–H groups in total. The lowest BCUT2D eigenvalue weighted by atomic mass is 9.98. The zero-order valence-corrected chi connectivity index (χ0v) is 18.6. The minimum Gasteiger partial charge on any atom is -0.334 e. The quantitative estimate of drug-likeness (QED) is 0.485. The van der Waals surface area contributed by atoms with Crippen molar-refractivity contribution in [2.45, 2.75) is 19.5 Å². The molecule has 35 heavy (non-hydrogen) atoms. The molecule has 0 aliphatic carbocycles. The number of amides is 2. The molecular weight excluding hydrogens is 452 g/mol. The van der Waals surface area contributed by atoms with Gasteiger partial charge >= 0.3 is 0 Å². The lowest BCUT2D eigenvalue weighted by Crippen LogP contribution is -2.37. The third-order valence-electron chi connectivity index (χ3n) is 6.17. The van der Waals surface area contributed by atoms with E-state index in [1.807, 2.05) is 18.2 Å². The smallest absolute Gasteiger partial charge is 0.255 e. The number of para-hydroxylation sites is 1. The average Bonchev–Trinajstić information content (AvgIpc) is 2.86. The zero-order valence-electron chi connectivity index (χ0n) is 18.6. The van der Waals surface area contributed by atoms with E-state index in [0.717, 1.165) is 24.1 Å². The molecule has 0 saturated heterocycles. The zero-order chi connectivity index (χ0) is 24.5. The van der Waals surface area contributed by atoms with Gasteiger partial charge in [0.1, 0.15) is 18.2 Å². The fourth-order valence-corrected chi connectivity index (χ4v) is 4.44. The lowest BCUT2D eigenvalue weighted by Gasteiger charge is -2.29. The molecule has 1 aliphatic heterocycles. The Morgan fingerprint density at radius 2 is 1.66 bits per heavy atom. The number of pyridine rings is 1. The summed E-state index contributed by atoms with van der Waals surface area (Å²) < 4.78 is 28.3. The molecule has 0 bridgehead atoms. The second kappa shape index (κ2) is 9.13. The Bertz CT molecular complexity index is 1530. The molecule has 2 heterocycles. The molecule has 0 unspecified atom stereocenters. The van der Waals surface area contributed by atoms with E-state index in [1.165, 1.54) is 16.2 Å². The van der Waals surface area contributed by atoms with Crippen LogP contribution in [-0.4, -0.2) is 27.8 Å². The molecular formula is C27H21F2N3O3. The van der Waals surface area contributed by atoms with E-state index in [1.54, 1.807) is 29.2 Å². The average molecular weight is 473 g/mol. The predicted molar refractivity (Wildman–Crippen MR) is 128 cm³/mol. The summed E-state index contributed by atoms with van der Waals surface area (Å²) in [5.41, 5.74) is 2.25. The standard InChI is InChI=1S/C27H21F2N3O3/c28-19-9-10-23(22(29)13-19)30-25(33)16-32-24-8-4-3-7-20(24)21(14-26(32)34)27(35)31-12-11-17-5-1-2-6-18(17)15-31/h1-10,13-14H,11-12,15-16H2,(H,30,33). The second-order valence-electron chi connectivity index (χ2n) is 8.42. The maximum atomic E-state index is 13.9. The number of fused-ring (bicyclic) bond motifs is 2. The van der Waals surface area contributed by atoms with Crippen molar-refractivity contribution >= 4 is 28.4 Å². The van der Waals surface area contributed by atoms with Crippen molar-refractivity contribution in [3.63, 3.8) is 0 Å². The number of nitrogens with one attached hydrogen (secondary N) is 1. The van der Waals surface area contributed by atoms with Gasteiger partial charge < -0.3 is 10.2 Å². The van der Waals surface area contributed by atoms with Crippen LogP contribution in [0.1, 0.15) is 21.5 Å². The van der Waals surface area contributed by atoms with E-state index in [2.05, 4.69) is 11.4 Å². The highest BCUT2D eigenvalue weighted by molar-refractivity contribution is 6.06. The summed E-state index contributed by atoms with van der Waals surface area (Å²) in [5.74, 6) is -2.59. The van der Waals surface area contributed by atoms with Gasteiger partial charge in [0, 0.05) is 30.6 Å². The molecule has 176 valence electrons. The van der Waals surface area contributed by atoms with Crippen molar-refractivity contribution in [1.29, 1.82) is 0 Å². The van der Waals surface area contributed by atoms with Crippen molar-refractivity contribution in [3.8, 4) is 0 Å². The maximum absolute atomic E-state index is 13.9. The number of carbonyl (C=O) groups is 2. The van der Waals surface area contributed by atoms with Crippen molar-refractivity contribution in [2.75, 3.05) is 11.9 Å². The van der Waals surface area contributed by atoms with Crippen LogP contribution in [0, 0.1) is 11.6 Å². The van der Waals surface area contributed by atoms with Crippen LogP contribution in [0.25, 0.3) is 10.9 Å². The van der Waals surface area contributed by atoms with Crippen LogP contribution in [0.2, 0.25) is 0 Å². The lowest BCUT2D eigenvalue weighted by molar-refractivity contribution is -0.116. The van der Waals surface area contributed by atoms with E-state index in [0.29, 0.717) is 30.1 Å². The largest absolute Gasteiger partial charge is 0.334 e. The highest BCUT2D eigenvalue weighted by atomic mass is 19.1. The third-order valence-corrected chi connectivity index (χ3v) is 6.17. The third kappa shape index (κ3) is 4.42. The van der Waals surface area contributed by atoms with Crippen molar-refractivity contribution in [3.05, 3.63) is 111 Å². The summed E-state index contributed by atoms with van der Waals surface area (Å²) in [5, 5.41) is 2.90. The fraction of sp³-hybridized carbons (Fsp3) is 0.148. The van der Waals surface area contributed by atoms with Gasteiger partial charge in [-0.15, -0.1) is 0 Å². The molecule has 0 radical (unpaired) electrons. The molecule has 4 aromatic rings. The number of benzene rings is 3. The first-order chi connectivity index (χ1) is 16.9. The summed E-state index contributed by atoms with van der Waals surface area (Å²) in [6, 6.07) is 18.9. The number of halogens is 2.